The molecule has 2 atom stereocenters. The number of thioether (sulfide) groups is 1. The summed E-state index contributed by atoms with van der Waals surface area (Å²) in [5.41, 5.74) is 3.45. The van der Waals surface area contributed by atoms with Crippen molar-refractivity contribution in [1.29, 1.82) is 0 Å². The second kappa shape index (κ2) is 11.3. The van der Waals surface area contributed by atoms with Crippen LogP contribution in [0.25, 0.3) is 0 Å². The summed E-state index contributed by atoms with van der Waals surface area (Å²) in [6.07, 6.45) is 0.614. The molecule has 0 saturated carbocycles. The van der Waals surface area contributed by atoms with Crippen LogP contribution in [-0.4, -0.2) is 47.2 Å². The number of nitrogens with zero attached hydrogens (tertiary/aromatic N) is 3. The molecule has 1 N–H and O–H groups in total. The van der Waals surface area contributed by atoms with E-state index in [1.54, 1.807) is 43.5 Å². The predicted octanol–water partition coefficient (Wildman–Crippen LogP) is 5.54. The highest BCUT2D eigenvalue weighted by atomic mass is 35.5. The average Bonchev–Trinajstić information content (AvgIpc) is 3.54. The molecule has 0 unspecified atom stereocenters. The molecule has 2 amide bonds. The van der Waals surface area contributed by atoms with Crippen molar-refractivity contribution >= 4 is 51.7 Å². The van der Waals surface area contributed by atoms with Crippen LogP contribution in [0.5, 0.6) is 11.5 Å². The SMILES string of the molecule is COc1ccc(C2=NN(C3=NC(=O)[C@H](CC(=O)Nc4ccc(Cl)cc4)S3)[C@H](c3ccc(OC)cc3)C2)cc1. The first-order valence-corrected chi connectivity index (χ1v) is 13.2. The van der Waals surface area contributed by atoms with Gasteiger partial charge in [0, 0.05) is 23.6 Å². The number of hydrogen-bond acceptors (Lipinski definition) is 7. The first kappa shape index (κ1) is 25.8. The molecule has 2 aliphatic heterocycles. The minimum atomic E-state index is -0.631. The molecule has 0 saturated heterocycles. The van der Waals surface area contributed by atoms with Gasteiger partial charge in [-0.25, -0.2) is 5.01 Å². The normalized spacial score (nSPS) is 18.7. The molecule has 5 rings (SSSR count). The Bertz CT molecular complexity index is 1390. The zero-order valence-electron chi connectivity index (χ0n) is 20.8. The van der Waals surface area contributed by atoms with Gasteiger partial charge < -0.3 is 14.8 Å². The molecule has 3 aromatic rings. The number of aliphatic imine (C=N–C) groups is 1. The van der Waals surface area contributed by atoms with E-state index in [1.165, 1.54) is 11.8 Å². The van der Waals surface area contributed by atoms with Crippen LogP contribution in [0.3, 0.4) is 0 Å². The Morgan fingerprint density at radius 3 is 2.26 bits per heavy atom. The second-order valence-corrected chi connectivity index (χ2v) is 10.3. The van der Waals surface area contributed by atoms with E-state index in [4.69, 9.17) is 26.2 Å². The Morgan fingerprint density at radius 1 is 1.00 bits per heavy atom. The molecule has 0 aromatic heterocycles. The van der Waals surface area contributed by atoms with Gasteiger partial charge in [0.05, 0.1) is 26.0 Å². The maximum absolute atomic E-state index is 12.8. The van der Waals surface area contributed by atoms with Crippen LogP contribution in [0.4, 0.5) is 5.69 Å². The number of halogens is 1. The number of carbonyl (C=O) groups excluding carboxylic acids is 2. The maximum atomic E-state index is 12.8. The minimum absolute atomic E-state index is 0.00474. The van der Waals surface area contributed by atoms with Crippen LogP contribution < -0.4 is 14.8 Å². The summed E-state index contributed by atoms with van der Waals surface area (Å²) < 4.78 is 10.6. The topological polar surface area (TPSA) is 92.6 Å². The second-order valence-electron chi connectivity index (χ2n) is 8.71. The molecule has 0 bridgehead atoms. The monoisotopic (exact) mass is 548 g/mol. The van der Waals surface area contributed by atoms with Crippen LogP contribution in [0.1, 0.15) is 30.0 Å². The molecular formula is C28H25ClN4O4S. The Labute approximate surface area is 229 Å². The van der Waals surface area contributed by atoms with Gasteiger partial charge in [-0.2, -0.15) is 10.1 Å². The molecule has 2 aliphatic rings. The number of rotatable bonds is 7. The molecule has 3 aromatic carbocycles. The Morgan fingerprint density at radius 2 is 1.63 bits per heavy atom. The molecule has 0 radical (unpaired) electrons. The van der Waals surface area contributed by atoms with Gasteiger partial charge in [0.1, 0.15) is 16.7 Å². The quantitative estimate of drug-likeness (QED) is 0.417. The van der Waals surface area contributed by atoms with E-state index in [2.05, 4.69) is 10.3 Å². The van der Waals surface area contributed by atoms with Gasteiger partial charge in [0.2, 0.25) is 5.91 Å². The number of ether oxygens (including phenoxy) is 2. The molecular weight excluding hydrogens is 524 g/mol. The Hall–Kier alpha value is -3.82. The summed E-state index contributed by atoms with van der Waals surface area (Å²) in [6.45, 7) is 0. The van der Waals surface area contributed by atoms with Crippen molar-refractivity contribution in [3.63, 3.8) is 0 Å². The standard InChI is InChI=1S/C28H25ClN4O4S/c1-36-21-11-3-17(4-12-21)23-15-24(18-5-13-22(37-2)14-6-18)33(32-23)28-31-27(35)25(38-28)16-26(34)30-20-9-7-19(29)8-10-20/h3-14,24-25H,15-16H2,1-2H3,(H,30,34)/t24-,25-/m0/s1. The molecule has 0 aliphatic carbocycles. The first-order valence-electron chi connectivity index (χ1n) is 11.9. The van der Waals surface area contributed by atoms with Gasteiger partial charge in [0.25, 0.3) is 5.91 Å². The molecule has 194 valence electrons. The molecule has 8 nitrogen and oxygen atoms in total. The van der Waals surface area contributed by atoms with Crippen molar-refractivity contribution in [2.24, 2.45) is 10.1 Å². The van der Waals surface area contributed by atoms with Crippen molar-refractivity contribution < 1.29 is 19.1 Å². The van der Waals surface area contributed by atoms with Crippen molar-refractivity contribution in [1.82, 2.24) is 5.01 Å². The first-order chi connectivity index (χ1) is 18.4. The van der Waals surface area contributed by atoms with E-state index in [-0.39, 0.29) is 24.3 Å². The number of carbonyl (C=O) groups is 2. The molecule has 0 fully saturated rings. The molecule has 0 spiro atoms. The zero-order valence-corrected chi connectivity index (χ0v) is 22.3. The van der Waals surface area contributed by atoms with Crippen molar-refractivity contribution in [2.45, 2.75) is 24.1 Å². The fourth-order valence-corrected chi connectivity index (χ4v) is 5.44. The number of nitrogens with one attached hydrogen (secondary N) is 1. The number of anilines is 1. The van der Waals surface area contributed by atoms with Crippen LogP contribution >= 0.6 is 23.4 Å². The number of methoxy groups -OCH3 is 2. The third kappa shape index (κ3) is 5.69. The van der Waals surface area contributed by atoms with Crippen LogP contribution in [-0.2, 0) is 9.59 Å². The summed E-state index contributed by atoms with van der Waals surface area (Å²) in [5, 5.41) is 9.90. The number of amidine groups is 1. The Balaban J connectivity index is 1.35. The molecule has 2 heterocycles. The highest BCUT2D eigenvalue weighted by molar-refractivity contribution is 8.15. The van der Waals surface area contributed by atoms with Crippen molar-refractivity contribution in [2.75, 3.05) is 19.5 Å². The van der Waals surface area contributed by atoms with Crippen LogP contribution in [0.2, 0.25) is 5.02 Å². The lowest BCUT2D eigenvalue weighted by atomic mass is 9.98. The van der Waals surface area contributed by atoms with Crippen molar-refractivity contribution in [3.05, 3.63) is 88.9 Å². The Kier molecular flexibility index (Phi) is 7.67. The summed E-state index contributed by atoms with van der Waals surface area (Å²) in [6, 6.07) is 22.1. The predicted molar refractivity (Wildman–Crippen MR) is 150 cm³/mol. The minimum Gasteiger partial charge on any atom is -0.497 e. The summed E-state index contributed by atoms with van der Waals surface area (Å²) in [5.74, 6) is 0.893. The molecule has 10 heteroatoms. The number of amides is 2. The lowest BCUT2D eigenvalue weighted by molar-refractivity contribution is -0.121. The van der Waals surface area contributed by atoms with Crippen LogP contribution in [0, 0.1) is 0 Å². The van der Waals surface area contributed by atoms with E-state index >= 15 is 0 Å². The smallest absolute Gasteiger partial charge is 0.262 e. The van der Waals surface area contributed by atoms with Gasteiger partial charge in [0.15, 0.2) is 5.17 Å². The highest BCUT2D eigenvalue weighted by Gasteiger charge is 2.39. The maximum Gasteiger partial charge on any atom is 0.262 e. The largest absolute Gasteiger partial charge is 0.497 e. The third-order valence-corrected chi connectivity index (χ3v) is 7.65. The summed E-state index contributed by atoms with van der Waals surface area (Å²) >= 11 is 7.17. The number of hydrazone groups is 1. The van der Waals surface area contributed by atoms with Gasteiger partial charge in [-0.15, -0.1) is 0 Å². The van der Waals surface area contributed by atoms with Gasteiger partial charge >= 0.3 is 0 Å². The average molecular weight is 549 g/mol. The van der Waals surface area contributed by atoms with Gasteiger partial charge in [-0.3, -0.25) is 9.59 Å². The van der Waals surface area contributed by atoms with Crippen molar-refractivity contribution in [3.8, 4) is 11.5 Å². The zero-order chi connectivity index (χ0) is 26.6. The summed E-state index contributed by atoms with van der Waals surface area (Å²) in [7, 11) is 3.25. The number of benzene rings is 3. The molecule has 38 heavy (non-hydrogen) atoms. The third-order valence-electron chi connectivity index (χ3n) is 6.26. The number of hydrogen-bond donors (Lipinski definition) is 1. The van der Waals surface area contributed by atoms with E-state index in [9.17, 15) is 9.59 Å². The van der Waals surface area contributed by atoms with E-state index in [0.717, 1.165) is 28.3 Å². The van der Waals surface area contributed by atoms with E-state index < -0.39 is 5.25 Å². The van der Waals surface area contributed by atoms with Gasteiger partial charge in [-0.1, -0.05) is 35.5 Å². The fourth-order valence-electron chi connectivity index (χ4n) is 4.25. The van der Waals surface area contributed by atoms with E-state index in [1.807, 2.05) is 48.5 Å². The summed E-state index contributed by atoms with van der Waals surface area (Å²) in [4.78, 5) is 29.8. The lowest BCUT2D eigenvalue weighted by Crippen LogP contribution is -2.25. The lowest BCUT2D eigenvalue weighted by Gasteiger charge is -2.23. The fraction of sp³-hybridized carbons (Fsp3) is 0.214. The van der Waals surface area contributed by atoms with E-state index in [0.29, 0.717) is 22.3 Å². The highest BCUT2D eigenvalue weighted by Crippen LogP contribution is 2.39. The van der Waals surface area contributed by atoms with Gasteiger partial charge in [-0.05, 0) is 71.8 Å². The van der Waals surface area contributed by atoms with Crippen LogP contribution in [0.15, 0.2) is 82.9 Å².